The molecule has 0 saturated heterocycles. The smallest absolute Gasteiger partial charge is 0.340 e. The molecule has 0 fully saturated rings. The second-order valence-electron chi connectivity index (χ2n) is 7.22. The van der Waals surface area contributed by atoms with Crippen molar-refractivity contribution in [1.82, 2.24) is 9.88 Å². The van der Waals surface area contributed by atoms with E-state index in [2.05, 4.69) is 30.7 Å². The van der Waals surface area contributed by atoms with Gasteiger partial charge in [0, 0.05) is 16.8 Å². The van der Waals surface area contributed by atoms with Crippen LogP contribution in [0, 0.1) is 0 Å². The number of carbonyl (C=O) groups is 1. The van der Waals surface area contributed by atoms with Gasteiger partial charge in [0.2, 0.25) is 0 Å². The number of fused-ring (bicyclic) bond motifs is 1. The highest BCUT2D eigenvalue weighted by atomic mass is 35.5. The van der Waals surface area contributed by atoms with E-state index in [9.17, 15) is 15.0 Å². The molecule has 2 N–H and O–H groups in total. The van der Waals surface area contributed by atoms with Crippen LogP contribution in [0.25, 0.3) is 10.9 Å². The van der Waals surface area contributed by atoms with Gasteiger partial charge in [-0.3, -0.25) is 0 Å². The van der Waals surface area contributed by atoms with Crippen molar-refractivity contribution in [3.63, 3.8) is 0 Å². The lowest BCUT2D eigenvalue weighted by molar-refractivity contribution is 0.0695. The first-order chi connectivity index (χ1) is 14.8. The van der Waals surface area contributed by atoms with Crippen LogP contribution in [0.15, 0.2) is 42.5 Å². The molecule has 0 spiro atoms. The van der Waals surface area contributed by atoms with E-state index in [-0.39, 0.29) is 11.3 Å². The first-order valence-corrected chi connectivity index (χ1v) is 11.1. The van der Waals surface area contributed by atoms with Crippen molar-refractivity contribution < 1.29 is 15.0 Å². The van der Waals surface area contributed by atoms with E-state index in [0.29, 0.717) is 28.0 Å². The maximum absolute atomic E-state index is 11.6. The Kier molecular flexibility index (Phi) is 9.28. The summed E-state index contributed by atoms with van der Waals surface area (Å²) >= 11 is 5.88. The van der Waals surface area contributed by atoms with Gasteiger partial charge in [-0.05, 0) is 55.4 Å². The Bertz CT molecular complexity index is 1010. The number of hydrogen-bond donors (Lipinski definition) is 2. The number of hydrogen-bond acceptors (Lipinski definition) is 4. The van der Waals surface area contributed by atoms with Gasteiger partial charge in [0.25, 0.3) is 0 Å². The average Bonchev–Trinajstić information content (AvgIpc) is 2.77. The molecular formula is C25H31ClN2O3. The highest BCUT2D eigenvalue weighted by Gasteiger charge is 2.20. The Morgan fingerprint density at radius 1 is 0.968 bits per heavy atom. The zero-order chi connectivity index (χ0) is 23.0. The molecule has 5 nitrogen and oxygen atoms in total. The summed E-state index contributed by atoms with van der Waals surface area (Å²) in [4.78, 5) is 18.5. The van der Waals surface area contributed by atoms with E-state index in [1.165, 1.54) is 19.6 Å². The average molecular weight is 443 g/mol. The molecular weight excluding hydrogens is 412 g/mol. The van der Waals surface area contributed by atoms with Gasteiger partial charge in [-0.2, -0.15) is 0 Å². The molecule has 3 aromatic rings. The Hall–Kier alpha value is -2.63. The van der Waals surface area contributed by atoms with E-state index in [0.717, 1.165) is 17.5 Å². The van der Waals surface area contributed by atoms with Gasteiger partial charge in [-0.15, -0.1) is 0 Å². The number of pyridine rings is 1. The van der Waals surface area contributed by atoms with Crippen molar-refractivity contribution in [3.05, 3.63) is 69.9 Å². The predicted octanol–water partition coefficient (Wildman–Crippen LogP) is 5.79. The van der Waals surface area contributed by atoms with Crippen LogP contribution in [-0.2, 0) is 12.8 Å². The molecule has 0 aliphatic carbocycles. The van der Waals surface area contributed by atoms with Crippen LogP contribution in [0.2, 0.25) is 5.02 Å². The van der Waals surface area contributed by atoms with Crippen LogP contribution in [0.1, 0.15) is 54.9 Å². The minimum Gasteiger partial charge on any atom is -0.505 e. The van der Waals surface area contributed by atoms with Gasteiger partial charge in [-0.25, -0.2) is 9.78 Å². The predicted molar refractivity (Wildman–Crippen MR) is 127 cm³/mol. The Balaban J connectivity index is 0.000000423. The summed E-state index contributed by atoms with van der Waals surface area (Å²) in [5.74, 6) is -1.45. The summed E-state index contributed by atoms with van der Waals surface area (Å²) in [6, 6.07) is 12.6. The van der Waals surface area contributed by atoms with Crippen molar-refractivity contribution in [2.24, 2.45) is 0 Å². The lowest BCUT2D eigenvalue weighted by Gasteiger charge is -2.13. The molecule has 3 rings (SSSR count). The fourth-order valence-electron chi connectivity index (χ4n) is 3.38. The number of halogens is 1. The van der Waals surface area contributed by atoms with Crippen molar-refractivity contribution in [3.8, 4) is 5.75 Å². The minimum absolute atomic E-state index is 0.105. The van der Waals surface area contributed by atoms with Crippen molar-refractivity contribution in [1.29, 1.82) is 0 Å². The zero-order valence-corrected chi connectivity index (χ0v) is 19.4. The molecule has 0 atom stereocenters. The number of aromatic nitrogens is 1. The molecule has 0 radical (unpaired) electrons. The number of aromatic carboxylic acids is 1. The maximum atomic E-state index is 11.6. The molecule has 0 aliphatic rings. The van der Waals surface area contributed by atoms with Crippen LogP contribution in [-0.4, -0.2) is 45.7 Å². The summed E-state index contributed by atoms with van der Waals surface area (Å²) in [7, 11) is 0. The molecule has 0 amide bonds. The van der Waals surface area contributed by atoms with E-state index < -0.39 is 5.97 Å². The van der Waals surface area contributed by atoms with E-state index in [4.69, 9.17) is 11.6 Å². The maximum Gasteiger partial charge on any atom is 0.340 e. The third-order valence-corrected chi connectivity index (χ3v) is 5.60. The normalized spacial score (nSPS) is 10.8. The molecule has 0 saturated carbocycles. The molecule has 2 aromatic carbocycles. The molecule has 31 heavy (non-hydrogen) atoms. The number of nitrogens with zero attached hydrogens (tertiary/aromatic N) is 2. The van der Waals surface area contributed by atoms with Crippen LogP contribution in [0.4, 0.5) is 0 Å². The number of carboxylic acids is 1. The second kappa shape index (κ2) is 11.7. The van der Waals surface area contributed by atoms with Crippen molar-refractivity contribution >= 4 is 28.5 Å². The molecule has 166 valence electrons. The lowest BCUT2D eigenvalue weighted by Crippen LogP contribution is -2.21. The Morgan fingerprint density at radius 2 is 1.55 bits per heavy atom. The van der Waals surface area contributed by atoms with Gasteiger partial charge in [0.15, 0.2) is 5.75 Å². The summed E-state index contributed by atoms with van der Waals surface area (Å²) in [6.07, 6.45) is 1.16. The number of benzene rings is 2. The standard InChI is InChI=1S/C19H16ClNO3.C6H15N/c1-2-11-5-8-14-15(9-11)21-16(18(22)17(14)19(23)24)10-12-3-6-13(20)7-4-12;1-4-7(5-2)6-3/h3-9,22H,2,10H2,1H3,(H,23,24);4-6H2,1-3H3. The van der Waals surface area contributed by atoms with E-state index >= 15 is 0 Å². The third-order valence-electron chi connectivity index (χ3n) is 5.35. The Labute approximate surface area is 189 Å². The number of carboxylic acid groups (broad SMARTS) is 1. The van der Waals surface area contributed by atoms with Gasteiger partial charge in [-0.1, -0.05) is 63.6 Å². The Morgan fingerprint density at radius 3 is 2.03 bits per heavy atom. The first-order valence-electron chi connectivity index (χ1n) is 10.7. The second-order valence-corrected chi connectivity index (χ2v) is 7.65. The molecule has 0 bridgehead atoms. The summed E-state index contributed by atoms with van der Waals surface area (Å²) in [5.41, 5.74) is 2.77. The first kappa shape index (κ1) is 24.6. The highest BCUT2D eigenvalue weighted by molar-refractivity contribution is 6.30. The van der Waals surface area contributed by atoms with E-state index in [1.54, 1.807) is 18.2 Å². The summed E-state index contributed by atoms with van der Waals surface area (Å²) in [6.45, 7) is 12.1. The number of aryl methyl sites for hydroxylation is 1. The molecule has 0 unspecified atom stereocenters. The minimum atomic E-state index is -1.17. The zero-order valence-electron chi connectivity index (χ0n) is 18.7. The van der Waals surface area contributed by atoms with Gasteiger partial charge < -0.3 is 15.1 Å². The van der Waals surface area contributed by atoms with E-state index in [1.807, 2.05) is 31.2 Å². The SMILES string of the molecule is CCN(CC)CC.CCc1ccc2c(C(=O)O)c(O)c(Cc3ccc(Cl)cc3)nc2c1. The fourth-order valence-corrected chi connectivity index (χ4v) is 3.50. The van der Waals surface area contributed by atoms with Crippen molar-refractivity contribution in [2.45, 2.75) is 40.5 Å². The summed E-state index contributed by atoms with van der Waals surface area (Å²) in [5, 5.41) is 21.0. The summed E-state index contributed by atoms with van der Waals surface area (Å²) < 4.78 is 0. The quantitative estimate of drug-likeness (QED) is 0.484. The molecule has 0 aliphatic heterocycles. The van der Waals surface area contributed by atoms with Gasteiger partial charge in [0.05, 0.1) is 11.2 Å². The topological polar surface area (TPSA) is 73.7 Å². The van der Waals surface area contributed by atoms with Gasteiger partial charge in [0.1, 0.15) is 5.56 Å². The van der Waals surface area contributed by atoms with Crippen LogP contribution < -0.4 is 0 Å². The van der Waals surface area contributed by atoms with Crippen LogP contribution in [0.5, 0.6) is 5.75 Å². The molecule has 1 heterocycles. The molecule has 6 heteroatoms. The van der Waals surface area contributed by atoms with Crippen LogP contribution >= 0.6 is 11.6 Å². The molecule has 1 aromatic heterocycles. The van der Waals surface area contributed by atoms with Crippen LogP contribution in [0.3, 0.4) is 0 Å². The van der Waals surface area contributed by atoms with Gasteiger partial charge >= 0.3 is 5.97 Å². The monoisotopic (exact) mass is 442 g/mol. The lowest BCUT2D eigenvalue weighted by atomic mass is 10.0. The fraction of sp³-hybridized carbons (Fsp3) is 0.360. The number of rotatable bonds is 7. The highest BCUT2D eigenvalue weighted by Crippen LogP contribution is 2.31. The van der Waals surface area contributed by atoms with Crippen molar-refractivity contribution in [2.75, 3.05) is 19.6 Å². The number of aromatic hydroxyl groups is 1. The third kappa shape index (κ3) is 6.42. The largest absolute Gasteiger partial charge is 0.505 e.